The van der Waals surface area contributed by atoms with Crippen molar-refractivity contribution in [3.8, 4) is 5.75 Å². The molecule has 1 fully saturated rings. The summed E-state index contributed by atoms with van der Waals surface area (Å²) in [4.78, 5) is 10.5. The standard InChI is InChI=1S/C13H18N2O3S/c1-2-18-13-7-11(3-4-12(13)15(16)17)14-8-10-5-6-19-9-10/h3-4,7,10,14H,2,5-6,8-9H2,1H3. The number of hydrogen-bond acceptors (Lipinski definition) is 5. The average Bonchev–Trinajstić information content (AvgIpc) is 2.90. The van der Waals surface area contributed by atoms with Crippen molar-refractivity contribution in [3.05, 3.63) is 28.3 Å². The molecule has 0 spiro atoms. The minimum atomic E-state index is -0.414. The minimum absolute atomic E-state index is 0.0174. The first-order valence-corrected chi connectivity index (χ1v) is 7.59. The molecule has 1 atom stereocenters. The van der Waals surface area contributed by atoms with Crippen LogP contribution in [-0.4, -0.2) is 29.6 Å². The van der Waals surface area contributed by atoms with E-state index >= 15 is 0 Å². The molecular weight excluding hydrogens is 264 g/mol. The molecule has 0 bridgehead atoms. The maximum Gasteiger partial charge on any atom is 0.311 e. The van der Waals surface area contributed by atoms with Gasteiger partial charge < -0.3 is 10.1 Å². The molecule has 0 aliphatic carbocycles. The third-order valence-corrected chi connectivity index (χ3v) is 4.31. The van der Waals surface area contributed by atoms with Crippen LogP contribution in [0.5, 0.6) is 5.75 Å². The summed E-state index contributed by atoms with van der Waals surface area (Å²) in [6, 6.07) is 4.95. The van der Waals surface area contributed by atoms with E-state index < -0.39 is 4.92 Å². The van der Waals surface area contributed by atoms with E-state index in [1.807, 2.05) is 18.7 Å². The summed E-state index contributed by atoms with van der Waals surface area (Å²) in [6.45, 7) is 3.15. The monoisotopic (exact) mass is 282 g/mol. The van der Waals surface area contributed by atoms with E-state index in [2.05, 4.69) is 5.32 Å². The smallest absolute Gasteiger partial charge is 0.311 e. The Balaban J connectivity index is 2.04. The van der Waals surface area contributed by atoms with Crippen LogP contribution in [0.2, 0.25) is 0 Å². The Morgan fingerprint density at radius 1 is 1.58 bits per heavy atom. The summed E-state index contributed by atoms with van der Waals surface area (Å²) in [6.07, 6.45) is 1.24. The highest BCUT2D eigenvalue weighted by atomic mass is 32.2. The number of ether oxygens (including phenoxy) is 1. The van der Waals surface area contributed by atoms with Gasteiger partial charge in [-0.15, -0.1) is 0 Å². The first-order valence-electron chi connectivity index (χ1n) is 6.43. The van der Waals surface area contributed by atoms with Crippen molar-refractivity contribution in [1.29, 1.82) is 0 Å². The van der Waals surface area contributed by atoms with Gasteiger partial charge in [0.05, 0.1) is 11.5 Å². The lowest BCUT2D eigenvalue weighted by molar-refractivity contribution is -0.385. The molecule has 0 aromatic heterocycles. The molecule has 1 aliphatic rings. The molecule has 0 amide bonds. The number of nitro benzene ring substituents is 1. The van der Waals surface area contributed by atoms with Crippen molar-refractivity contribution in [2.45, 2.75) is 13.3 Å². The molecule has 6 heteroatoms. The van der Waals surface area contributed by atoms with Gasteiger partial charge in [-0.1, -0.05) is 0 Å². The highest BCUT2D eigenvalue weighted by Crippen LogP contribution is 2.30. The zero-order valence-corrected chi connectivity index (χ0v) is 11.7. The van der Waals surface area contributed by atoms with Crippen molar-refractivity contribution in [1.82, 2.24) is 0 Å². The van der Waals surface area contributed by atoms with E-state index in [4.69, 9.17) is 4.74 Å². The second-order valence-electron chi connectivity index (χ2n) is 4.48. The molecule has 1 aromatic rings. The van der Waals surface area contributed by atoms with Gasteiger partial charge in [-0.25, -0.2) is 0 Å². The number of anilines is 1. The number of nitrogens with one attached hydrogen (secondary N) is 1. The van der Waals surface area contributed by atoms with Crippen LogP contribution in [0.4, 0.5) is 11.4 Å². The van der Waals surface area contributed by atoms with E-state index in [0.29, 0.717) is 18.3 Å². The van der Waals surface area contributed by atoms with Gasteiger partial charge in [0.25, 0.3) is 0 Å². The third kappa shape index (κ3) is 3.76. The van der Waals surface area contributed by atoms with Crippen LogP contribution >= 0.6 is 11.8 Å². The molecule has 1 saturated heterocycles. The number of hydrogen-bond donors (Lipinski definition) is 1. The quantitative estimate of drug-likeness (QED) is 0.641. The van der Waals surface area contributed by atoms with E-state index in [1.165, 1.54) is 24.0 Å². The molecule has 0 radical (unpaired) electrons. The number of nitrogens with zero attached hydrogens (tertiary/aromatic N) is 1. The molecule has 1 aromatic carbocycles. The van der Waals surface area contributed by atoms with E-state index in [9.17, 15) is 10.1 Å². The maximum absolute atomic E-state index is 10.9. The summed E-state index contributed by atoms with van der Waals surface area (Å²) in [7, 11) is 0. The summed E-state index contributed by atoms with van der Waals surface area (Å²) >= 11 is 1.98. The fourth-order valence-corrected chi connectivity index (χ4v) is 3.34. The van der Waals surface area contributed by atoms with Gasteiger partial charge in [0, 0.05) is 24.4 Å². The maximum atomic E-state index is 10.9. The lowest BCUT2D eigenvalue weighted by Gasteiger charge is -2.12. The van der Waals surface area contributed by atoms with Crippen LogP contribution in [0.3, 0.4) is 0 Å². The number of rotatable bonds is 6. The largest absolute Gasteiger partial charge is 0.487 e. The molecule has 1 aliphatic heterocycles. The lowest BCUT2D eigenvalue weighted by Crippen LogP contribution is -2.13. The molecule has 104 valence electrons. The normalized spacial score (nSPS) is 18.3. The van der Waals surface area contributed by atoms with Crippen molar-refractivity contribution < 1.29 is 9.66 Å². The molecule has 19 heavy (non-hydrogen) atoms. The highest BCUT2D eigenvalue weighted by Gasteiger charge is 2.17. The number of nitro groups is 1. The molecule has 5 nitrogen and oxygen atoms in total. The first-order chi connectivity index (χ1) is 9.20. The van der Waals surface area contributed by atoms with Crippen LogP contribution in [0.15, 0.2) is 18.2 Å². The fourth-order valence-electron chi connectivity index (χ4n) is 2.05. The van der Waals surface area contributed by atoms with Crippen molar-refractivity contribution >= 4 is 23.1 Å². The third-order valence-electron chi connectivity index (χ3n) is 3.08. The minimum Gasteiger partial charge on any atom is -0.487 e. The molecule has 1 unspecified atom stereocenters. The van der Waals surface area contributed by atoms with Gasteiger partial charge >= 0.3 is 5.69 Å². The Labute approximate surface area is 116 Å². The topological polar surface area (TPSA) is 64.4 Å². The predicted molar refractivity (Wildman–Crippen MR) is 78.2 cm³/mol. The Morgan fingerprint density at radius 3 is 3.05 bits per heavy atom. The molecule has 1 heterocycles. The number of thioether (sulfide) groups is 1. The van der Waals surface area contributed by atoms with Gasteiger partial charge in [-0.3, -0.25) is 10.1 Å². The highest BCUT2D eigenvalue weighted by molar-refractivity contribution is 7.99. The van der Waals surface area contributed by atoms with Crippen LogP contribution < -0.4 is 10.1 Å². The Bertz CT molecular complexity index is 448. The Hall–Kier alpha value is -1.43. The van der Waals surface area contributed by atoms with Gasteiger partial charge in [-0.2, -0.15) is 11.8 Å². The Morgan fingerprint density at radius 2 is 2.42 bits per heavy atom. The SMILES string of the molecule is CCOc1cc(NCC2CCSC2)ccc1[N+](=O)[O-]. The van der Waals surface area contributed by atoms with Crippen LogP contribution in [0.1, 0.15) is 13.3 Å². The predicted octanol–water partition coefficient (Wildman–Crippen LogP) is 3.16. The van der Waals surface area contributed by atoms with Gasteiger partial charge in [-0.05, 0) is 36.8 Å². The average molecular weight is 282 g/mol. The van der Waals surface area contributed by atoms with Crippen LogP contribution in [-0.2, 0) is 0 Å². The summed E-state index contributed by atoms with van der Waals surface area (Å²) in [5, 5.41) is 14.2. The van der Waals surface area contributed by atoms with Crippen molar-refractivity contribution in [2.24, 2.45) is 5.92 Å². The Kier molecular flexibility index (Phi) is 4.90. The zero-order valence-electron chi connectivity index (χ0n) is 10.9. The number of benzene rings is 1. The molecule has 0 saturated carbocycles. The van der Waals surface area contributed by atoms with Gasteiger partial charge in [0.2, 0.25) is 0 Å². The second kappa shape index (κ2) is 6.65. The van der Waals surface area contributed by atoms with E-state index in [-0.39, 0.29) is 5.69 Å². The summed E-state index contributed by atoms with van der Waals surface area (Å²) < 4.78 is 5.32. The van der Waals surface area contributed by atoms with Crippen LogP contribution in [0.25, 0.3) is 0 Å². The van der Waals surface area contributed by atoms with Crippen LogP contribution in [0, 0.1) is 16.0 Å². The van der Waals surface area contributed by atoms with Gasteiger partial charge in [0.15, 0.2) is 5.75 Å². The first kappa shape index (κ1) is 14.0. The molecule has 2 rings (SSSR count). The molecular formula is C13H18N2O3S. The second-order valence-corrected chi connectivity index (χ2v) is 5.63. The van der Waals surface area contributed by atoms with Crippen molar-refractivity contribution in [2.75, 3.05) is 30.0 Å². The van der Waals surface area contributed by atoms with Gasteiger partial charge in [0.1, 0.15) is 0 Å². The van der Waals surface area contributed by atoms with E-state index in [0.717, 1.165) is 12.2 Å². The summed E-state index contributed by atoms with van der Waals surface area (Å²) in [5.74, 6) is 3.45. The van der Waals surface area contributed by atoms with Crippen molar-refractivity contribution in [3.63, 3.8) is 0 Å². The summed E-state index contributed by atoms with van der Waals surface area (Å²) in [5.41, 5.74) is 0.898. The molecule has 1 N–H and O–H groups in total. The van der Waals surface area contributed by atoms with E-state index in [1.54, 1.807) is 12.1 Å². The zero-order chi connectivity index (χ0) is 13.7. The lowest BCUT2D eigenvalue weighted by atomic mass is 10.1. The fraction of sp³-hybridized carbons (Fsp3) is 0.538.